The molecule has 0 saturated carbocycles. The monoisotopic (exact) mass is 355 g/mol. The quantitative estimate of drug-likeness (QED) is 0.865. The van der Waals surface area contributed by atoms with E-state index in [1.807, 2.05) is 61.2 Å². The lowest BCUT2D eigenvalue weighted by molar-refractivity contribution is -0.117. The third-order valence-corrected chi connectivity index (χ3v) is 5.37. The van der Waals surface area contributed by atoms with Crippen LogP contribution in [-0.2, 0) is 11.3 Å². The van der Waals surface area contributed by atoms with Crippen molar-refractivity contribution in [3.8, 4) is 0 Å². The smallest absolute Gasteiger partial charge is 0.245 e. The molecule has 1 saturated heterocycles. The highest BCUT2D eigenvalue weighted by Crippen LogP contribution is 2.18. The van der Waals surface area contributed by atoms with Crippen LogP contribution in [0.25, 0.3) is 0 Å². The zero-order valence-corrected chi connectivity index (χ0v) is 15.4. The van der Waals surface area contributed by atoms with Gasteiger partial charge in [0.25, 0.3) is 0 Å². The molecule has 0 spiro atoms. The van der Waals surface area contributed by atoms with Crippen molar-refractivity contribution in [2.45, 2.75) is 19.5 Å². The van der Waals surface area contributed by atoms with Crippen LogP contribution in [0.2, 0.25) is 0 Å². The Morgan fingerprint density at radius 1 is 1.20 bits per heavy atom. The van der Waals surface area contributed by atoms with Crippen LogP contribution in [-0.4, -0.2) is 35.4 Å². The summed E-state index contributed by atoms with van der Waals surface area (Å²) in [5.74, 6) is 2.21. The molecule has 1 fully saturated rings. The number of amides is 1. The lowest BCUT2D eigenvalue weighted by Gasteiger charge is -2.26. The molecule has 2 aromatic carbocycles. The molecule has 1 aliphatic heterocycles. The Bertz CT molecular complexity index is 711. The molecular weight excluding hydrogens is 330 g/mol. The van der Waals surface area contributed by atoms with Crippen molar-refractivity contribution in [3.63, 3.8) is 0 Å². The van der Waals surface area contributed by atoms with E-state index in [1.165, 1.54) is 17.1 Å². The molecule has 3 rings (SSSR count). The fourth-order valence-electron chi connectivity index (χ4n) is 2.91. The summed E-state index contributed by atoms with van der Waals surface area (Å²) in [5.41, 5.74) is 10.1. The molecule has 0 radical (unpaired) electrons. The lowest BCUT2D eigenvalue weighted by Crippen LogP contribution is -2.32. The van der Waals surface area contributed by atoms with E-state index in [9.17, 15) is 4.79 Å². The Labute approximate surface area is 153 Å². The average Bonchev–Trinajstić information content (AvgIpc) is 2.63. The Kier molecular flexibility index (Phi) is 6.13. The van der Waals surface area contributed by atoms with Gasteiger partial charge in [-0.3, -0.25) is 9.69 Å². The SMILES string of the molecule is Cc1ccc(C(N)C(=O)Nc2cccc(CN3CCSCC3)c2)cc1. The average molecular weight is 356 g/mol. The number of carbonyl (C=O) groups excluding carboxylic acids is 1. The molecule has 4 nitrogen and oxygen atoms in total. The van der Waals surface area contributed by atoms with Crippen molar-refractivity contribution in [1.82, 2.24) is 4.90 Å². The molecule has 0 bridgehead atoms. The molecule has 1 aliphatic rings. The number of nitrogens with two attached hydrogens (primary N) is 1. The molecule has 0 aliphatic carbocycles. The van der Waals surface area contributed by atoms with Crippen LogP contribution >= 0.6 is 11.8 Å². The topological polar surface area (TPSA) is 58.4 Å². The predicted molar refractivity (Wildman–Crippen MR) is 106 cm³/mol. The van der Waals surface area contributed by atoms with Gasteiger partial charge in [-0.1, -0.05) is 42.0 Å². The second kappa shape index (κ2) is 8.52. The number of thioether (sulfide) groups is 1. The summed E-state index contributed by atoms with van der Waals surface area (Å²) in [6.07, 6.45) is 0. The third kappa shape index (κ3) is 5.08. The largest absolute Gasteiger partial charge is 0.324 e. The summed E-state index contributed by atoms with van der Waals surface area (Å²) in [4.78, 5) is 14.9. The molecule has 1 heterocycles. The first-order valence-corrected chi connectivity index (χ1v) is 9.79. The molecule has 1 atom stereocenters. The fourth-order valence-corrected chi connectivity index (χ4v) is 3.89. The molecule has 25 heavy (non-hydrogen) atoms. The maximum atomic E-state index is 12.4. The number of carbonyl (C=O) groups is 1. The highest BCUT2D eigenvalue weighted by Gasteiger charge is 2.16. The zero-order chi connectivity index (χ0) is 17.6. The number of rotatable bonds is 5. The summed E-state index contributed by atoms with van der Waals surface area (Å²) in [6.45, 7) is 5.19. The van der Waals surface area contributed by atoms with Crippen molar-refractivity contribution >= 4 is 23.4 Å². The molecule has 5 heteroatoms. The highest BCUT2D eigenvalue weighted by molar-refractivity contribution is 7.99. The van der Waals surface area contributed by atoms with Gasteiger partial charge in [0.2, 0.25) is 5.91 Å². The van der Waals surface area contributed by atoms with Gasteiger partial charge in [0.05, 0.1) is 0 Å². The Morgan fingerprint density at radius 2 is 1.92 bits per heavy atom. The normalized spacial score (nSPS) is 16.4. The molecule has 1 amide bonds. The Morgan fingerprint density at radius 3 is 2.64 bits per heavy atom. The summed E-state index contributed by atoms with van der Waals surface area (Å²) < 4.78 is 0. The maximum absolute atomic E-state index is 12.4. The van der Waals surface area contributed by atoms with Gasteiger partial charge in [-0.05, 0) is 30.2 Å². The summed E-state index contributed by atoms with van der Waals surface area (Å²) >= 11 is 2.01. The van der Waals surface area contributed by atoms with E-state index < -0.39 is 6.04 Å². The number of hydrogen-bond donors (Lipinski definition) is 2. The Hall–Kier alpha value is -1.82. The number of aryl methyl sites for hydroxylation is 1. The fraction of sp³-hybridized carbons (Fsp3) is 0.350. The van der Waals surface area contributed by atoms with Crippen LogP contribution in [0.4, 0.5) is 5.69 Å². The van der Waals surface area contributed by atoms with Crippen LogP contribution in [0, 0.1) is 6.92 Å². The Balaban J connectivity index is 1.62. The van der Waals surface area contributed by atoms with Gasteiger partial charge in [-0.2, -0.15) is 11.8 Å². The van der Waals surface area contributed by atoms with Crippen molar-refractivity contribution in [1.29, 1.82) is 0 Å². The van der Waals surface area contributed by atoms with Crippen molar-refractivity contribution < 1.29 is 4.79 Å². The minimum atomic E-state index is -0.664. The van der Waals surface area contributed by atoms with Gasteiger partial charge >= 0.3 is 0 Å². The summed E-state index contributed by atoms with van der Waals surface area (Å²) in [5, 5.41) is 2.95. The third-order valence-electron chi connectivity index (χ3n) is 4.42. The van der Waals surface area contributed by atoms with Crippen molar-refractivity contribution in [2.75, 3.05) is 29.9 Å². The van der Waals surface area contributed by atoms with Gasteiger partial charge in [-0.15, -0.1) is 0 Å². The van der Waals surface area contributed by atoms with E-state index in [0.29, 0.717) is 0 Å². The molecule has 1 unspecified atom stereocenters. The van der Waals surface area contributed by atoms with Gasteiger partial charge in [-0.25, -0.2) is 0 Å². The minimum absolute atomic E-state index is 0.185. The first kappa shape index (κ1) is 18.0. The molecular formula is C20H25N3OS. The van der Waals surface area contributed by atoms with Gasteiger partial charge in [0.1, 0.15) is 6.04 Å². The second-order valence-electron chi connectivity index (χ2n) is 6.47. The number of benzene rings is 2. The van der Waals surface area contributed by atoms with Crippen LogP contribution in [0.3, 0.4) is 0 Å². The summed E-state index contributed by atoms with van der Waals surface area (Å²) in [7, 11) is 0. The van der Waals surface area contributed by atoms with E-state index in [2.05, 4.69) is 16.3 Å². The molecule has 2 aromatic rings. The van der Waals surface area contributed by atoms with Gasteiger partial charge in [0.15, 0.2) is 0 Å². The van der Waals surface area contributed by atoms with Crippen LogP contribution in [0.5, 0.6) is 0 Å². The first-order valence-electron chi connectivity index (χ1n) is 8.64. The first-order chi connectivity index (χ1) is 12.1. The van der Waals surface area contributed by atoms with Crippen LogP contribution in [0.1, 0.15) is 22.7 Å². The lowest BCUT2D eigenvalue weighted by atomic mass is 10.1. The van der Waals surface area contributed by atoms with E-state index >= 15 is 0 Å². The van der Waals surface area contributed by atoms with E-state index in [-0.39, 0.29) is 5.91 Å². The molecule has 3 N–H and O–H groups in total. The number of nitrogens with one attached hydrogen (secondary N) is 1. The maximum Gasteiger partial charge on any atom is 0.245 e. The molecule has 132 valence electrons. The standard InChI is InChI=1S/C20H25N3OS/c1-15-5-7-17(8-6-15)19(21)20(24)22-18-4-2-3-16(13-18)14-23-9-11-25-12-10-23/h2-8,13,19H,9-12,14,21H2,1H3,(H,22,24). The van der Waals surface area contributed by atoms with Gasteiger partial charge in [0, 0.05) is 36.8 Å². The second-order valence-corrected chi connectivity index (χ2v) is 7.69. The number of nitrogens with zero attached hydrogens (tertiary/aromatic N) is 1. The predicted octanol–water partition coefficient (Wildman–Crippen LogP) is 3.18. The van der Waals surface area contributed by atoms with Crippen molar-refractivity contribution in [3.05, 3.63) is 65.2 Å². The number of hydrogen-bond acceptors (Lipinski definition) is 4. The van der Waals surface area contributed by atoms with E-state index in [1.54, 1.807) is 0 Å². The number of anilines is 1. The summed E-state index contributed by atoms with van der Waals surface area (Å²) in [6, 6.07) is 15.1. The zero-order valence-electron chi connectivity index (χ0n) is 14.6. The van der Waals surface area contributed by atoms with E-state index in [0.717, 1.165) is 36.4 Å². The highest BCUT2D eigenvalue weighted by atomic mass is 32.2. The molecule has 0 aromatic heterocycles. The van der Waals surface area contributed by atoms with Gasteiger partial charge < -0.3 is 11.1 Å². The van der Waals surface area contributed by atoms with Crippen molar-refractivity contribution in [2.24, 2.45) is 5.73 Å². The van der Waals surface area contributed by atoms with Crippen LogP contribution in [0.15, 0.2) is 48.5 Å². The van der Waals surface area contributed by atoms with Crippen LogP contribution < -0.4 is 11.1 Å². The van der Waals surface area contributed by atoms with E-state index in [4.69, 9.17) is 5.73 Å². The minimum Gasteiger partial charge on any atom is -0.324 e.